The third kappa shape index (κ3) is 6.90. The van der Waals surface area contributed by atoms with E-state index in [0.717, 1.165) is 75.9 Å². The molecule has 2 aliphatic rings. The van der Waals surface area contributed by atoms with Crippen molar-refractivity contribution in [2.24, 2.45) is 0 Å². The molecule has 238 valence electrons. The molecule has 7 nitrogen and oxygen atoms in total. The number of aromatic amines is 1. The number of nitrogens with zero attached hydrogens (tertiary/aromatic N) is 2. The zero-order valence-electron chi connectivity index (χ0n) is 25.9. The fourth-order valence-electron chi connectivity index (χ4n) is 5.91. The zero-order valence-corrected chi connectivity index (χ0v) is 26.7. The van der Waals surface area contributed by atoms with Gasteiger partial charge in [-0.05, 0) is 62.4 Å². The van der Waals surface area contributed by atoms with Crippen molar-refractivity contribution in [2.75, 3.05) is 42.1 Å². The van der Waals surface area contributed by atoms with Crippen molar-refractivity contribution in [2.45, 2.75) is 58.4 Å². The first-order valence-electron chi connectivity index (χ1n) is 15.5. The highest BCUT2D eigenvalue weighted by molar-refractivity contribution is 7.18. The molecule has 0 spiro atoms. The van der Waals surface area contributed by atoms with E-state index in [1.807, 2.05) is 45.1 Å². The summed E-state index contributed by atoms with van der Waals surface area (Å²) in [6.07, 6.45) is 1.90. The minimum atomic E-state index is -4.45. The van der Waals surface area contributed by atoms with E-state index < -0.39 is 11.7 Å². The monoisotopic (exact) mass is 635 g/mol. The van der Waals surface area contributed by atoms with Gasteiger partial charge in [-0.15, -0.1) is 11.3 Å². The average Bonchev–Trinajstić information content (AvgIpc) is 3.59. The summed E-state index contributed by atoms with van der Waals surface area (Å²) in [5.41, 5.74) is 6.62. The highest BCUT2D eigenvalue weighted by Crippen LogP contribution is 2.39. The summed E-state index contributed by atoms with van der Waals surface area (Å²) in [5, 5.41) is 23.4. The zero-order chi connectivity index (χ0) is 31.7. The fraction of sp³-hybridized carbons (Fsp3) is 0.382. The molecule has 1 aliphatic carbocycles. The van der Waals surface area contributed by atoms with Gasteiger partial charge in [-0.25, -0.2) is 0 Å². The van der Waals surface area contributed by atoms with Crippen molar-refractivity contribution in [3.8, 4) is 0 Å². The van der Waals surface area contributed by atoms with Crippen LogP contribution in [-0.2, 0) is 12.7 Å². The van der Waals surface area contributed by atoms with Crippen LogP contribution in [0.3, 0.4) is 0 Å². The molecular formula is C34H40F3N7S. The summed E-state index contributed by atoms with van der Waals surface area (Å²) < 4.78 is 43.7. The Morgan fingerprint density at radius 3 is 2.69 bits per heavy atom. The standard InChI is InChI=1S/C34H40F3N7S/c1-5-6-27-26(21(3)39-25-9-8-23(29(17-25)34(35,36)37)18-44-15-13-38-14-16-44)12-7-20(2)30(27)40-22(4)28-19-45-32-31(28)42-43-33(32)41-24-10-11-24/h5-9,12,17,19,21,24,38-40H,4,10-11,13-16,18H2,1-3H3,(H2,41,42,43)/b6-5-. The second-order valence-corrected chi connectivity index (χ2v) is 12.8. The van der Waals surface area contributed by atoms with Gasteiger partial charge in [-0.3, -0.25) is 10.00 Å². The fourth-order valence-corrected chi connectivity index (χ4v) is 6.89. The number of alkyl halides is 3. The number of aromatic nitrogens is 2. The number of hydrogen-bond acceptors (Lipinski definition) is 7. The van der Waals surface area contributed by atoms with Crippen molar-refractivity contribution in [3.05, 3.63) is 81.7 Å². The lowest BCUT2D eigenvalue weighted by molar-refractivity contribution is -0.138. The Bertz CT molecular complexity index is 1710. The molecule has 6 rings (SSSR count). The Labute approximate surface area is 266 Å². The molecule has 3 heterocycles. The molecular weight excluding hydrogens is 595 g/mol. The van der Waals surface area contributed by atoms with Gasteiger partial charge in [-0.1, -0.05) is 36.9 Å². The van der Waals surface area contributed by atoms with Gasteiger partial charge in [0.05, 0.1) is 15.8 Å². The molecule has 1 atom stereocenters. The summed E-state index contributed by atoms with van der Waals surface area (Å²) in [7, 11) is 0. The molecule has 5 N–H and O–H groups in total. The van der Waals surface area contributed by atoms with Crippen LogP contribution in [0.4, 0.5) is 30.4 Å². The van der Waals surface area contributed by atoms with E-state index in [1.54, 1.807) is 23.5 Å². The number of hydrogen-bond donors (Lipinski definition) is 5. The van der Waals surface area contributed by atoms with Crippen LogP contribution >= 0.6 is 11.3 Å². The van der Waals surface area contributed by atoms with Gasteiger partial charge < -0.3 is 21.3 Å². The van der Waals surface area contributed by atoms with Gasteiger partial charge in [0.25, 0.3) is 0 Å². The maximum atomic E-state index is 14.2. The number of halogens is 3. The van der Waals surface area contributed by atoms with Crippen LogP contribution in [0.5, 0.6) is 0 Å². The maximum absolute atomic E-state index is 14.2. The van der Waals surface area contributed by atoms with Crippen molar-refractivity contribution in [1.29, 1.82) is 0 Å². The highest BCUT2D eigenvalue weighted by Gasteiger charge is 2.34. The van der Waals surface area contributed by atoms with Gasteiger partial charge in [-0.2, -0.15) is 18.3 Å². The van der Waals surface area contributed by atoms with Crippen LogP contribution in [0.1, 0.15) is 66.1 Å². The van der Waals surface area contributed by atoms with Crippen molar-refractivity contribution >= 4 is 50.5 Å². The van der Waals surface area contributed by atoms with Gasteiger partial charge >= 0.3 is 6.18 Å². The molecule has 2 aromatic heterocycles. The molecule has 11 heteroatoms. The third-order valence-corrected chi connectivity index (χ3v) is 9.48. The van der Waals surface area contributed by atoms with Crippen LogP contribution in [0.15, 0.2) is 48.4 Å². The Morgan fingerprint density at radius 2 is 1.98 bits per heavy atom. The summed E-state index contributed by atoms with van der Waals surface area (Å²) in [6, 6.07) is 8.91. The number of benzene rings is 2. The van der Waals surface area contributed by atoms with Gasteiger partial charge in [0, 0.05) is 78.4 Å². The van der Waals surface area contributed by atoms with Gasteiger partial charge in [0.1, 0.15) is 0 Å². The molecule has 2 fully saturated rings. The lowest BCUT2D eigenvalue weighted by Crippen LogP contribution is -2.43. The van der Waals surface area contributed by atoms with Crippen LogP contribution in [0.25, 0.3) is 22.0 Å². The number of anilines is 3. The summed E-state index contributed by atoms with van der Waals surface area (Å²) in [5.74, 6) is 0.884. The minimum Gasteiger partial charge on any atom is -0.378 e. The van der Waals surface area contributed by atoms with E-state index in [-0.39, 0.29) is 12.6 Å². The molecule has 1 saturated carbocycles. The second kappa shape index (κ2) is 12.9. The highest BCUT2D eigenvalue weighted by atomic mass is 32.1. The molecule has 0 amide bonds. The van der Waals surface area contributed by atoms with Gasteiger partial charge in [0.15, 0.2) is 5.82 Å². The lowest BCUT2D eigenvalue weighted by Gasteiger charge is -2.28. The smallest absolute Gasteiger partial charge is 0.378 e. The Kier molecular flexibility index (Phi) is 8.94. The van der Waals surface area contributed by atoms with E-state index in [9.17, 15) is 13.2 Å². The largest absolute Gasteiger partial charge is 0.416 e. The molecule has 0 radical (unpaired) electrons. The topological polar surface area (TPSA) is 80.0 Å². The van der Waals surface area contributed by atoms with Crippen LogP contribution in [-0.4, -0.2) is 47.3 Å². The molecule has 1 aliphatic heterocycles. The number of piperazine rings is 1. The normalized spacial score (nSPS) is 16.8. The first kappa shape index (κ1) is 31.2. The Balaban J connectivity index is 1.25. The maximum Gasteiger partial charge on any atom is 0.416 e. The predicted molar refractivity (Wildman–Crippen MR) is 181 cm³/mol. The van der Waals surface area contributed by atoms with E-state index in [4.69, 9.17) is 0 Å². The quantitative estimate of drug-likeness (QED) is 0.114. The number of allylic oxidation sites excluding steroid dienone is 1. The van der Waals surface area contributed by atoms with E-state index in [1.165, 1.54) is 18.9 Å². The predicted octanol–water partition coefficient (Wildman–Crippen LogP) is 8.22. The summed E-state index contributed by atoms with van der Waals surface area (Å²) in [6.45, 7) is 13.6. The number of nitrogens with one attached hydrogen (secondary N) is 5. The minimum absolute atomic E-state index is 0.276. The first-order chi connectivity index (χ1) is 21.6. The Hall–Kier alpha value is -3.80. The molecule has 1 saturated heterocycles. The van der Waals surface area contributed by atoms with Crippen LogP contribution in [0.2, 0.25) is 0 Å². The molecule has 2 aromatic carbocycles. The van der Waals surface area contributed by atoms with E-state index >= 15 is 0 Å². The van der Waals surface area contributed by atoms with Gasteiger partial charge in [0.2, 0.25) is 0 Å². The number of H-pyrrole nitrogens is 1. The average molecular weight is 636 g/mol. The van der Waals surface area contributed by atoms with Crippen LogP contribution < -0.4 is 21.3 Å². The lowest BCUT2D eigenvalue weighted by atomic mass is 9.95. The molecule has 0 bridgehead atoms. The summed E-state index contributed by atoms with van der Waals surface area (Å²) in [4.78, 5) is 2.06. The second-order valence-electron chi connectivity index (χ2n) is 12.0. The van der Waals surface area contributed by atoms with Crippen molar-refractivity contribution in [3.63, 3.8) is 0 Å². The SMILES string of the molecule is C=C(Nc1c(C)ccc(C(C)Nc2ccc(CN3CCNCC3)c(C(F)(F)F)c2)c1/C=C\C)c1csc2c(NC3CC3)n[nH]c12. The number of rotatable bonds is 11. The molecule has 45 heavy (non-hydrogen) atoms. The van der Waals surface area contributed by atoms with Crippen molar-refractivity contribution in [1.82, 2.24) is 20.4 Å². The van der Waals surface area contributed by atoms with E-state index in [2.05, 4.69) is 48.3 Å². The summed E-state index contributed by atoms with van der Waals surface area (Å²) >= 11 is 1.63. The third-order valence-electron chi connectivity index (χ3n) is 8.49. The first-order valence-corrected chi connectivity index (χ1v) is 16.3. The van der Waals surface area contributed by atoms with Crippen LogP contribution in [0, 0.1) is 6.92 Å². The van der Waals surface area contributed by atoms with E-state index in [0.29, 0.717) is 17.3 Å². The molecule has 4 aromatic rings. The number of thiophene rings is 1. The number of aryl methyl sites for hydroxylation is 1. The number of fused-ring (bicyclic) bond motifs is 1. The van der Waals surface area contributed by atoms with Crippen molar-refractivity contribution < 1.29 is 13.2 Å². The Morgan fingerprint density at radius 1 is 1.20 bits per heavy atom. The molecule has 1 unspecified atom stereocenters.